The van der Waals surface area contributed by atoms with Crippen molar-refractivity contribution in [2.24, 2.45) is 7.05 Å². The van der Waals surface area contributed by atoms with Crippen molar-refractivity contribution in [2.45, 2.75) is 58.1 Å². The number of benzene rings is 3. The lowest BCUT2D eigenvalue weighted by Crippen LogP contribution is -2.76. The molecule has 0 radical (unpaired) electrons. The number of piperazine rings is 2. The average molecular weight is 805 g/mol. The Hall–Kier alpha value is -6.35. The Morgan fingerprint density at radius 2 is 1.61 bits per heavy atom. The third-order valence-electron chi connectivity index (χ3n) is 10.9. The highest BCUT2D eigenvalue weighted by Crippen LogP contribution is 2.32. The van der Waals surface area contributed by atoms with Crippen molar-refractivity contribution in [2.75, 3.05) is 45.8 Å². The number of nitrogens with one attached hydrogen (secondary N) is 1. The molecule has 3 fully saturated rings. The van der Waals surface area contributed by atoms with Gasteiger partial charge in [-0.1, -0.05) is 66.7 Å². The lowest BCUT2D eigenvalue weighted by Gasteiger charge is -2.55. The third kappa shape index (κ3) is 8.75. The molecule has 2 atom stereocenters. The Bertz CT molecular complexity index is 2230. The van der Waals surface area contributed by atoms with Gasteiger partial charge in [0.1, 0.15) is 23.6 Å². The second-order valence-electron chi connectivity index (χ2n) is 16.2. The fourth-order valence-corrected chi connectivity index (χ4v) is 8.20. The fraction of sp³-hybridized carbons (Fsp3) is 0.386. The molecule has 3 aliphatic rings. The Morgan fingerprint density at radius 3 is 2.29 bits per heavy atom. The minimum absolute atomic E-state index is 0.0254. The molecule has 0 unspecified atom stereocenters. The van der Waals surface area contributed by atoms with Gasteiger partial charge in [0.2, 0.25) is 11.8 Å². The summed E-state index contributed by atoms with van der Waals surface area (Å²) < 4.78 is 7.42. The van der Waals surface area contributed by atoms with Crippen LogP contribution < -0.4 is 5.32 Å². The second kappa shape index (κ2) is 16.9. The number of aromatic nitrogens is 1. The number of nitrogens with zero attached hydrogens (tertiary/aromatic N) is 7. The smallest absolute Gasteiger partial charge is 0.410 e. The molecule has 0 aliphatic carbocycles. The first kappa shape index (κ1) is 40.8. The molecule has 0 bridgehead atoms. The quantitative estimate of drug-likeness (QED) is 0.238. The van der Waals surface area contributed by atoms with Crippen molar-refractivity contribution in [3.8, 4) is 5.75 Å². The molecule has 2 N–H and O–H groups in total. The number of phenols is 1. The van der Waals surface area contributed by atoms with Crippen molar-refractivity contribution in [3.05, 3.63) is 114 Å². The molecular weight excluding hydrogens is 753 g/mol. The van der Waals surface area contributed by atoms with E-state index in [-0.39, 0.29) is 62.6 Å². The van der Waals surface area contributed by atoms with E-state index in [2.05, 4.69) is 11.9 Å². The Morgan fingerprint density at radius 1 is 0.915 bits per heavy atom. The maximum absolute atomic E-state index is 14.7. The van der Waals surface area contributed by atoms with Crippen LogP contribution in [-0.2, 0) is 40.9 Å². The minimum atomic E-state index is -0.954. The zero-order valence-corrected chi connectivity index (χ0v) is 34.0. The van der Waals surface area contributed by atoms with E-state index >= 15 is 0 Å². The monoisotopic (exact) mass is 804 g/mol. The van der Waals surface area contributed by atoms with Crippen LogP contribution in [0.3, 0.4) is 0 Å². The maximum Gasteiger partial charge on any atom is 0.410 e. The molecule has 6 amide bonds. The normalized spacial score (nSPS) is 18.9. The van der Waals surface area contributed by atoms with Gasteiger partial charge < -0.3 is 39.3 Å². The number of ether oxygens (including phenoxy) is 1. The molecule has 4 aromatic rings. The van der Waals surface area contributed by atoms with Crippen LogP contribution in [0.2, 0.25) is 0 Å². The zero-order chi connectivity index (χ0) is 42.0. The van der Waals surface area contributed by atoms with Gasteiger partial charge >= 0.3 is 12.1 Å². The Balaban J connectivity index is 1.18. The Kier molecular flexibility index (Phi) is 11.7. The number of carbonyl (C=O) groups excluding carboxylic acids is 5. The summed E-state index contributed by atoms with van der Waals surface area (Å²) in [6, 6.07) is 20.4. The van der Waals surface area contributed by atoms with E-state index in [9.17, 15) is 29.1 Å². The van der Waals surface area contributed by atoms with Crippen molar-refractivity contribution in [1.29, 1.82) is 0 Å². The second-order valence-corrected chi connectivity index (χ2v) is 16.2. The number of hydrogen-bond donors (Lipinski definition) is 2. The van der Waals surface area contributed by atoms with E-state index in [1.165, 1.54) is 9.91 Å². The minimum Gasteiger partial charge on any atom is -0.508 e. The van der Waals surface area contributed by atoms with Gasteiger partial charge in [-0.3, -0.25) is 14.4 Å². The zero-order valence-electron chi connectivity index (χ0n) is 34.0. The predicted molar refractivity (Wildman–Crippen MR) is 221 cm³/mol. The summed E-state index contributed by atoms with van der Waals surface area (Å²) in [7, 11) is 1.86. The number of amides is 6. The highest BCUT2D eigenvalue weighted by molar-refractivity contribution is 6.08. The number of phenolic OH excluding ortho intramolecular Hbond substituents is 1. The number of para-hydroxylation sites is 1. The molecule has 1 aromatic heterocycles. The summed E-state index contributed by atoms with van der Waals surface area (Å²) in [5, 5.41) is 16.9. The average Bonchev–Trinajstić information content (AvgIpc) is 3.55. The lowest BCUT2D eigenvalue weighted by atomic mass is 9.98. The number of urea groups is 1. The van der Waals surface area contributed by atoms with Crippen LogP contribution in [0.25, 0.3) is 10.9 Å². The van der Waals surface area contributed by atoms with E-state index in [0.29, 0.717) is 31.7 Å². The number of hydrazine groups is 1. The van der Waals surface area contributed by atoms with E-state index in [1.54, 1.807) is 56.2 Å². The van der Waals surface area contributed by atoms with Crippen molar-refractivity contribution >= 4 is 40.7 Å². The number of aromatic hydroxyl groups is 1. The van der Waals surface area contributed by atoms with Crippen LogP contribution >= 0.6 is 0 Å². The molecule has 3 aliphatic heterocycles. The summed E-state index contributed by atoms with van der Waals surface area (Å²) >= 11 is 0. The molecule has 4 heterocycles. The van der Waals surface area contributed by atoms with Crippen molar-refractivity contribution < 1.29 is 33.8 Å². The molecule has 15 nitrogen and oxygen atoms in total. The van der Waals surface area contributed by atoms with Crippen LogP contribution in [0.1, 0.15) is 47.8 Å². The highest BCUT2D eigenvalue weighted by Gasteiger charge is 2.51. The molecule has 0 spiro atoms. The summed E-state index contributed by atoms with van der Waals surface area (Å²) in [6.45, 7) is 11.3. The van der Waals surface area contributed by atoms with Crippen LogP contribution in [0.4, 0.5) is 9.59 Å². The van der Waals surface area contributed by atoms with Gasteiger partial charge in [0.15, 0.2) is 0 Å². The molecule has 3 aromatic carbocycles. The number of hydrogen-bond acceptors (Lipinski definition) is 8. The predicted octanol–water partition coefficient (Wildman–Crippen LogP) is 4.31. The van der Waals surface area contributed by atoms with Crippen LogP contribution in [0.15, 0.2) is 91.6 Å². The van der Waals surface area contributed by atoms with Gasteiger partial charge in [0.05, 0.1) is 24.2 Å². The number of fused-ring (bicyclic) bond motifs is 2. The number of rotatable bonds is 9. The highest BCUT2D eigenvalue weighted by atomic mass is 16.6. The van der Waals surface area contributed by atoms with E-state index < -0.39 is 29.9 Å². The van der Waals surface area contributed by atoms with Crippen molar-refractivity contribution in [1.82, 2.24) is 39.5 Å². The molecule has 15 heteroatoms. The van der Waals surface area contributed by atoms with Gasteiger partial charge in [-0.15, -0.1) is 6.58 Å². The molecule has 59 heavy (non-hydrogen) atoms. The summed E-state index contributed by atoms with van der Waals surface area (Å²) in [4.78, 5) is 76.3. The summed E-state index contributed by atoms with van der Waals surface area (Å²) in [5.41, 5.74) is 3.10. The maximum atomic E-state index is 14.7. The van der Waals surface area contributed by atoms with Gasteiger partial charge in [-0.25, -0.2) is 19.6 Å². The topological polar surface area (TPSA) is 151 Å². The SMILES string of the molecule is C=CCN1CC(=O)N2[C@@H](Cc3ccc(O)cc3)C(=O)N(Cc3cccc4c(C(=O)N5CCN(C(=O)OC(C)(C)C)CC5)cn(C)c34)C[C@@H]2N1C(=O)NCc1ccccc1. The summed E-state index contributed by atoms with van der Waals surface area (Å²) in [5.74, 6) is -0.652. The Labute approximate surface area is 343 Å². The first-order chi connectivity index (χ1) is 28.2. The standard InChI is InChI=1S/C44H52N8O7/c1-6-19-50-29-38(54)51-36(24-30-15-17-33(53)18-16-30)41(56)49(28-37(51)52(50)42(57)45-25-31-11-8-7-9-12-31)26-32-13-10-14-34-35(27-46(5)39(32)34)40(55)47-20-22-48(23-21-47)43(58)59-44(2,3)4/h6-18,27,36-37,53H,1,19-26,28-29H2,2-5H3,(H,45,57)/t36-,37-/m0/s1. The molecule has 7 rings (SSSR count). The number of carbonyl (C=O) groups is 5. The largest absolute Gasteiger partial charge is 0.508 e. The lowest BCUT2D eigenvalue weighted by molar-refractivity contribution is -0.189. The molecule has 0 saturated carbocycles. The van der Waals surface area contributed by atoms with Gasteiger partial charge in [0, 0.05) is 70.9 Å². The fourth-order valence-electron chi connectivity index (χ4n) is 8.20. The molecular formula is C44H52N8O7. The van der Waals surface area contributed by atoms with Crippen LogP contribution in [0, 0.1) is 0 Å². The van der Waals surface area contributed by atoms with E-state index in [4.69, 9.17) is 4.74 Å². The van der Waals surface area contributed by atoms with Crippen molar-refractivity contribution in [3.63, 3.8) is 0 Å². The first-order valence-corrected chi connectivity index (χ1v) is 19.9. The first-order valence-electron chi connectivity index (χ1n) is 19.9. The van der Waals surface area contributed by atoms with E-state index in [1.807, 2.05) is 80.9 Å². The third-order valence-corrected chi connectivity index (χ3v) is 10.9. The number of aryl methyl sites for hydroxylation is 1. The van der Waals surface area contributed by atoms with Gasteiger partial charge in [-0.05, 0) is 49.6 Å². The van der Waals surface area contributed by atoms with Crippen LogP contribution in [-0.4, -0.2) is 133 Å². The molecule has 3 saturated heterocycles. The summed E-state index contributed by atoms with van der Waals surface area (Å²) in [6.07, 6.45) is 2.34. The van der Waals surface area contributed by atoms with Gasteiger partial charge in [-0.2, -0.15) is 0 Å². The van der Waals surface area contributed by atoms with Crippen LogP contribution in [0.5, 0.6) is 5.75 Å². The molecule has 310 valence electrons. The van der Waals surface area contributed by atoms with E-state index in [0.717, 1.165) is 27.6 Å². The van der Waals surface area contributed by atoms with Gasteiger partial charge in [0.25, 0.3) is 5.91 Å².